The Bertz CT molecular complexity index is 1420. The van der Waals surface area contributed by atoms with Gasteiger partial charge in [0.25, 0.3) is 5.91 Å². The van der Waals surface area contributed by atoms with E-state index in [2.05, 4.69) is 23.5 Å². The van der Waals surface area contributed by atoms with Crippen LogP contribution in [0.1, 0.15) is 33.5 Å². The van der Waals surface area contributed by atoms with E-state index in [1.54, 1.807) is 11.8 Å². The van der Waals surface area contributed by atoms with Crippen molar-refractivity contribution >= 4 is 23.6 Å². The van der Waals surface area contributed by atoms with E-state index < -0.39 is 12.0 Å². The van der Waals surface area contributed by atoms with Gasteiger partial charge in [-0.05, 0) is 96.3 Å². The summed E-state index contributed by atoms with van der Waals surface area (Å²) in [6.07, 6.45) is 3.87. The summed E-state index contributed by atoms with van der Waals surface area (Å²) in [5.41, 5.74) is 5.53. The topological polar surface area (TPSA) is 75.6 Å². The summed E-state index contributed by atoms with van der Waals surface area (Å²) in [5.74, 6) is 0.841. The van der Waals surface area contributed by atoms with Gasteiger partial charge in [-0.1, -0.05) is 66.7 Å². The summed E-state index contributed by atoms with van der Waals surface area (Å²) >= 11 is 1.56. The van der Waals surface area contributed by atoms with Crippen molar-refractivity contribution in [1.29, 1.82) is 0 Å². The van der Waals surface area contributed by atoms with E-state index in [-0.39, 0.29) is 5.91 Å². The summed E-state index contributed by atoms with van der Waals surface area (Å²) in [4.78, 5) is 25.1. The molecule has 4 aromatic rings. The highest BCUT2D eigenvalue weighted by atomic mass is 32.2. The number of carboxylic acids is 1. The first-order valence-electron chi connectivity index (χ1n) is 13.0. The van der Waals surface area contributed by atoms with Gasteiger partial charge in [-0.2, -0.15) is 11.8 Å². The van der Waals surface area contributed by atoms with Gasteiger partial charge < -0.3 is 15.2 Å². The minimum Gasteiger partial charge on any atom is -0.480 e. The largest absolute Gasteiger partial charge is 0.480 e. The Morgan fingerprint density at radius 1 is 0.821 bits per heavy atom. The molecule has 5 nitrogen and oxygen atoms in total. The number of hydrogen-bond donors (Lipinski definition) is 2. The van der Waals surface area contributed by atoms with Crippen LogP contribution in [0, 0.1) is 6.92 Å². The van der Waals surface area contributed by atoms with Crippen LogP contribution in [0.4, 0.5) is 0 Å². The van der Waals surface area contributed by atoms with Crippen LogP contribution in [0.3, 0.4) is 0 Å². The molecule has 0 aliphatic rings. The molecular weight excluding hydrogens is 506 g/mol. The molecule has 4 rings (SSSR count). The normalized spacial score (nSPS) is 11.5. The summed E-state index contributed by atoms with van der Waals surface area (Å²) in [6, 6.07) is 30.6. The van der Waals surface area contributed by atoms with Crippen LogP contribution in [-0.4, -0.2) is 35.0 Å². The number of aliphatic carboxylic acids is 1. The molecule has 0 bridgehead atoms. The lowest BCUT2D eigenvalue weighted by molar-refractivity contribution is -0.139. The molecule has 0 aliphatic heterocycles. The van der Waals surface area contributed by atoms with E-state index in [4.69, 9.17) is 4.74 Å². The lowest BCUT2D eigenvalue weighted by Gasteiger charge is -2.18. The van der Waals surface area contributed by atoms with Gasteiger partial charge in [0.1, 0.15) is 17.5 Å². The lowest BCUT2D eigenvalue weighted by Crippen LogP contribution is -2.41. The van der Waals surface area contributed by atoms with Crippen molar-refractivity contribution in [3.8, 4) is 22.6 Å². The molecule has 0 aromatic heterocycles. The molecule has 1 unspecified atom stereocenters. The van der Waals surface area contributed by atoms with Gasteiger partial charge in [0.15, 0.2) is 0 Å². The van der Waals surface area contributed by atoms with Crippen LogP contribution >= 0.6 is 11.8 Å². The second-order valence-electron chi connectivity index (χ2n) is 9.40. The summed E-state index contributed by atoms with van der Waals surface area (Å²) in [5, 5.41) is 12.4. The fourth-order valence-corrected chi connectivity index (χ4v) is 4.92. The smallest absolute Gasteiger partial charge is 0.326 e. The Kier molecular flexibility index (Phi) is 9.81. The van der Waals surface area contributed by atoms with E-state index in [9.17, 15) is 14.7 Å². The van der Waals surface area contributed by atoms with Crippen LogP contribution in [0.25, 0.3) is 11.1 Å². The second kappa shape index (κ2) is 13.7. The third kappa shape index (κ3) is 7.74. The van der Waals surface area contributed by atoms with Crippen molar-refractivity contribution < 1.29 is 19.4 Å². The van der Waals surface area contributed by atoms with E-state index >= 15 is 0 Å². The molecule has 1 atom stereocenters. The molecule has 0 saturated carbocycles. The highest BCUT2D eigenvalue weighted by molar-refractivity contribution is 7.98. The third-order valence-corrected chi connectivity index (χ3v) is 7.20. The molecule has 0 saturated heterocycles. The highest BCUT2D eigenvalue weighted by Gasteiger charge is 2.22. The molecule has 39 heavy (non-hydrogen) atoms. The van der Waals surface area contributed by atoms with Crippen molar-refractivity contribution in [2.45, 2.75) is 32.2 Å². The predicted molar refractivity (Wildman–Crippen MR) is 159 cm³/mol. The summed E-state index contributed by atoms with van der Waals surface area (Å²) in [6.45, 7) is 2.01. The number of para-hydroxylation sites is 1. The van der Waals surface area contributed by atoms with Gasteiger partial charge in [-0.15, -0.1) is 0 Å². The lowest BCUT2D eigenvalue weighted by atomic mass is 9.92. The maximum atomic E-state index is 13.3. The van der Waals surface area contributed by atoms with Gasteiger partial charge >= 0.3 is 5.97 Å². The number of rotatable bonds is 12. The quantitative estimate of drug-likeness (QED) is 0.200. The number of amides is 1. The Balaban J connectivity index is 1.56. The maximum absolute atomic E-state index is 13.3. The zero-order valence-corrected chi connectivity index (χ0v) is 23.0. The number of ether oxygens (including phenoxy) is 1. The van der Waals surface area contributed by atoms with Crippen LogP contribution in [0.2, 0.25) is 0 Å². The molecule has 200 valence electrons. The molecule has 0 fully saturated rings. The molecule has 2 N–H and O–H groups in total. The average Bonchev–Trinajstić information content (AvgIpc) is 2.95. The van der Waals surface area contributed by atoms with Crippen molar-refractivity contribution in [2.24, 2.45) is 0 Å². The van der Waals surface area contributed by atoms with E-state index in [1.165, 1.54) is 0 Å². The van der Waals surface area contributed by atoms with Crippen LogP contribution in [0.15, 0.2) is 97.1 Å². The number of thioether (sulfide) groups is 1. The molecule has 1 amide bonds. The molecule has 0 spiro atoms. The summed E-state index contributed by atoms with van der Waals surface area (Å²) in [7, 11) is 0. The monoisotopic (exact) mass is 539 g/mol. The number of benzene rings is 4. The minimum atomic E-state index is -1.02. The zero-order chi connectivity index (χ0) is 27.6. The van der Waals surface area contributed by atoms with E-state index in [0.29, 0.717) is 17.7 Å². The van der Waals surface area contributed by atoms with Crippen molar-refractivity contribution in [2.75, 3.05) is 12.0 Å². The predicted octanol–water partition coefficient (Wildman–Crippen LogP) is 7.18. The standard InChI is InChI=1S/C33H33NO4S/c1-23-9-6-7-14-28(23)30-22-25(17-18-29(30)32(35)34-31(33(36)37)19-20-39-2)16-15-24-10-8-13-27(21-24)38-26-11-4-3-5-12-26/h3-14,17-18,21-22,31H,15-16,19-20H2,1-2H3,(H,34,35)(H,36,37). The van der Waals surface area contributed by atoms with Gasteiger partial charge in [0, 0.05) is 5.56 Å². The van der Waals surface area contributed by atoms with E-state index in [1.807, 2.05) is 92.0 Å². The van der Waals surface area contributed by atoms with Crippen LogP contribution in [-0.2, 0) is 17.6 Å². The van der Waals surface area contributed by atoms with Crippen molar-refractivity contribution in [3.63, 3.8) is 0 Å². The number of carbonyl (C=O) groups is 2. The van der Waals surface area contributed by atoms with Gasteiger partial charge in [-0.25, -0.2) is 4.79 Å². The number of carbonyl (C=O) groups excluding carboxylic acids is 1. The van der Waals surface area contributed by atoms with Gasteiger partial charge in [-0.3, -0.25) is 4.79 Å². The van der Waals surface area contributed by atoms with Gasteiger partial charge in [0.05, 0.1) is 0 Å². The third-order valence-electron chi connectivity index (χ3n) is 6.56. The first-order valence-corrected chi connectivity index (χ1v) is 14.4. The molecule has 0 heterocycles. The van der Waals surface area contributed by atoms with Crippen molar-refractivity contribution in [1.82, 2.24) is 5.32 Å². The minimum absolute atomic E-state index is 0.368. The Hall–Kier alpha value is -4.03. The second-order valence-corrected chi connectivity index (χ2v) is 10.4. The number of aryl methyl sites for hydroxylation is 3. The SMILES string of the molecule is CSCCC(NC(=O)c1ccc(CCc2cccc(Oc3ccccc3)c2)cc1-c1ccccc1C)C(=O)O. The summed E-state index contributed by atoms with van der Waals surface area (Å²) < 4.78 is 5.99. The fourth-order valence-electron chi connectivity index (χ4n) is 4.45. The van der Waals surface area contributed by atoms with Crippen molar-refractivity contribution in [3.05, 3.63) is 119 Å². The van der Waals surface area contributed by atoms with E-state index in [0.717, 1.165) is 52.2 Å². The maximum Gasteiger partial charge on any atom is 0.326 e. The Morgan fingerprint density at radius 3 is 2.23 bits per heavy atom. The first kappa shape index (κ1) is 28.0. The molecule has 0 radical (unpaired) electrons. The van der Waals surface area contributed by atoms with Crippen LogP contribution in [0.5, 0.6) is 11.5 Å². The molecule has 0 aliphatic carbocycles. The Morgan fingerprint density at radius 2 is 1.51 bits per heavy atom. The number of hydrogen-bond acceptors (Lipinski definition) is 4. The Labute approximate surface area is 234 Å². The van der Waals surface area contributed by atoms with Crippen LogP contribution < -0.4 is 10.1 Å². The molecule has 4 aromatic carbocycles. The highest BCUT2D eigenvalue weighted by Crippen LogP contribution is 2.29. The number of nitrogens with one attached hydrogen (secondary N) is 1. The molecular formula is C33H33NO4S. The zero-order valence-electron chi connectivity index (χ0n) is 22.2. The van der Waals surface area contributed by atoms with Gasteiger partial charge in [0.2, 0.25) is 0 Å². The molecule has 6 heteroatoms. The first-order chi connectivity index (χ1) is 18.9. The number of carboxylic acid groups (broad SMARTS) is 1. The average molecular weight is 540 g/mol. The fraction of sp³-hybridized carbons (Fsp3) is 0.212.